The summed E-state index contributed by atoms with van der Waals surface area (Å²) < 4.78 is 18.0. The Morgan fingerprint density at radius 3 is 2.79 bits per heavy atom. The van der Waals surface area contributed by atoms with Crippen LogP contribution in [-0.4, -0.2) is 16.0 Å². The predicted molar refractivity (Wildman–Crippen MR) is 89.9 cm³/mol. The van der Waals surface area contributed by atoms with Crippen molar-refractivity contribution in [2.45, 2.75) is 26.7 Å². The van der Waals surface area contributed by atoms with Crippen LogP contribution in [0.5, 0.6) is 0 Å². The highest BCUT2D eigenvalue weighted by Crippen LogP contribution is 2.23. The van der Waals surface area contributed by atoms with Crippen LogP contribution in [0.4, 0.5) is 9.52 Å². The molecule has 3 rings (SSSR count). The first-order valence-electron chi connectivity index (χ1n) is 7.52. The molecule has 1 amide bonds. The van der Waals surface area contributed by atoms with Gasteiger partial charge in [-0.2, -0.15) is 0 Å². The molecule has 1 aromatic carbocycles. The normalized spacial score (nSPS) is 10.8. The molecular formula is C17H16FN3O2S. The number of carbonyl (C=O) groups excluding carboxylic acids is 1. The third kappa shape index (κ3) is 3.51. The number of aromatic nitrogens is 2. The second-order valence-electron chi connectivity index (χ2n) is 5.30. The molecule has 0 spiro atoms. The second kappa shape index (κ2) is 6.92. The third-order valence-electron chi connectivity index (χ3n) is 3.56. The molecule has 3 aromatic rings. The maximum atomic E-state index is 12.9. The van der Waals surface area contributed by atoms with E-state index in [-0.39, 0.29) is 11.7 Å². The van der Waals surface area contributed by atoms with Gasteiger partial charge < -0.3 is 4.52 Å². The zero-order chi connectivity index (χ0) is 17.1. The van der Waals surface area contributed by atoms with Gasteiger partial charge in [-0.15, -0.1) is 11.3 Å². The van der Waals surface area contributed by atoms with E-state index >= 15 is 0 Å². The highest BCUT2D eigenvalue weighted by molar-refractivity contribution is 7.15. The Kier molecular flexibility index (Phi) is 4.71. The van der Waals surface area contributed by atoms with Crippen molar-refractivity contribution in [2.24, 2.45) is 0 Å². The molecule has 0 aliphatic rings. The average Bonchev–Trinajstić information content (AvgIpc) is 3.15. The number of aryl methyl sites for hydroxylation is 2. The van der Waals surface area contributed by atoms with E-state index in [1.165, 1.54) is 23.5 Å². The summed E-state index contributed by atoms with van der Waals surface area (Å²) in [5.74, 6) is -0.0347. The fourth-order valence-electron chi connectivity index (χ4n) is 2.36. The Morgan fingerprint density at radius 2 is 2.08 bits per heavy atom. The van der Waals surface area contributed by atoms with Crippen molar-refractivity contribution < 1.29 is 13.7 Å². The lowest BCUT2D eigenvalue weighted by Gasteiger charge is -2.01. The number of hydrogen-bond acceptors (Lipinski definition) is 5. The number of halogens is 1. The SMILES string of the molecule is CCc1noc(C)c1C(=O)Nc1ncc(Cc2ccc(F)cc2)s1. The van der Waals surface area contributed by atoms with Gasteiger partial charge in [0.2, 0.25) is 0 Å². The summed E-state index contributed by atoms with van der Waals surface area (Å²) in [6.07, 6.45) is 2.97. The van der Waals surface area contributed by atoms with Gasteiger partial charge in [-0.3, -0.25) is 10.1 Å². The van der Waals surface area contributed by atoms with E-state index in [1.54, 1.807) is 25.3 Å². The number of rotatable bonds is 5. The topological polar surface area (TPSA) is 68.0 Å². The van der Waals surface area contributed by atoms with Crippen molar-refractivity contribution in [3.05, 3.63) is 63.7 Å². The Morgan fingerprint density at radius 1 is 1.33 bits per heavy atom. The van der Waals surface area contributed by atoms with Gasteiger partial charge in [0.1, 0.15) is 17.1 Å². The van der Waals surface area contributed by atoms with Crippen molar-refractivity contribution >= 4 is 22.4 Å². The number of hydrogen-bond donors (Lipinski definition) is 1. The second-order valence-corrected chi connectivity index (χ2v) is 6.42. The number of benzene rings is 1. The lowest BCUT2D eigenvalue weighted by Crippen LogP contribution is -2.14. The molecule has 2 aromatic heterocycles. The van der Waals surface area contributed by atoms with Gasteiger partial charge in [0.25, 0.3) is 5.91 Å². The number of amides is 1. The summed E-state index contributed by atoms with van der Waals surface area (Å²) in [5, 5.41) is 7.18. The van der Waals surface area contributed by atoms with Gasteiger partial charge in [0, 0.05) is 17.5 Å². The van der Waals surface area contributed by atoms with Gasteiger partial charge in [0.05, 0.1) is 5.69 Å². The molecule has 124 valence electrons. The standard InChI is InChI=1S/C17H16FN3O2S/c1-3-14-15(10(2)23-21-14)16(22)20-17-19-9-13(24-17)8-11-4-6-12(18)7-5-11/h4-7,9H,3,8H2,1-2H3,(H,19,20,22). The minimum atomic E-state index is -0.270. The van der Waals surface area contributed by atoms with Crippen LogP contribution in [0, 0.1) is 12.7 Å². The molecule has 0 aliphatic heterocycles. The molecule has 0 saturated carbocycles. The molecule has 0 saturated heterocycles. The summed E-state index contributed by atoms with van der Waals surface area (Å²) in [4.78, 5) is 17.6. The minimum absolute atomic E-state index is 0.258. The lowest BCUT2D eigenvalue weighted by atomic mass is 10.1. The molecule has 2 heterocycles. The van der Waals surface area contributed by atoms with E-state index < -0.39 is 0 Å². The number of carbonyl (C=O) groups is 1. The zero-order valence-corrected chi connectivity index (χ0v) is 14.1. The van der Waals surface area contributed by atoms with Crippen molar-refractivity contribution in [1.82, 2.24) is 10.1 Å². The maximum Gasteiger partial charge on any atom is 0.262 e. The maximum absolute atomic E-state index is 12.9. The van der Waals surface area contributed by atoms with E-state index in [1.807, 2.05) is 6.92 Å². The first-order valence-corrected chi connectivity index (χ1v) is 8.34. The fraction of sp³-hybridized carbons (Fsp3) is 0.235. The van der Waals surface area contributed by atoms with E-state index in [9.17, 15) is 9.18 Å². The van der Waals surface area contributed by atoms with Crippen molar-refractivity contribution in [1.29, 1.82) is 0 Å². The van der Waals surface area contributed by atoms with Crippen LogP contribution in [0.15, 0.2) is 35.0 Å². The summed E-state index contributed by atoms with van der Waals surface area (Å²) in [7, 11) is 0. The molecular weight excluding hydrogens is 329 g/mol. The smallest absolute Gasteiger partial charge is 0.262 e. The average molecular weight is 345 g/mol. The lowest BCUT2D eigenvalue weighted by molar-refractivity contribution is 0.102. The van der Waals surface area contributed by atoms with Crippen LogP contribution in [0.3, 0.4) is 0 Å². The highest BCUT2D eigenvalue weighted by atomic mass is 32.1. The van der Waals surface area contributed by atoms with Gasteiger partial charge in [-0.25, -0.2) is 9.37 Å². The van der Waals surface area contributed by atoms with Crippen molar-refractivity contribution in [3.8, 4) is 0 Å². The third-order valence-corrected chi connectivity index (χ3v) is 4.47. The zero-order valence-electron chi connectivity index (χ0n) is 13.3. The Labute approximate surface area is 142 Å². The molecule has 0 radical (unpaired) electrons. The van der Waals surface area contributed by atoms with Gasteiger partial charge in [-0.1, -0.05) is 24.2 Å². The quantitative estimate of drug-likeness (QED) is 0.759. The van der Waals surface area contributed by atoms with E-state index in [0.29, 0.717) is 35.0 Å². The Balaban J connectivity index is 1.70. The fourth-order valence-corrected chi connectivity index (χ4v) is 3.20. The minimum Gasteiger partial charge on any atom is -0.361 e. The number of nitrogens with zero attached hydrogens (tertiary/aromatic N) is 2. The molecule has 0 aliphatic carbocycles. The molecule has 0 fully saturated rings. The predicted octanol–water partition coefficient (Wildman–Crippen LogP) is 3.98. The van der Waals surface area contributed by atoms with Gasteiger partial charge in [0.15, 0.2) is 5.13 Å². The highest BCUT2D eigenvalue weighted by Gasteiger charge is 2.20. The first kappa shape index (κ1) is 16.3. The monoisotopic (exact) mass is 345 g/mol. The number of nitrogens with one attached hydrogen (secondary N) is 1. The molecule has 0 unspecified atom stereocenters. The summed E-state index contributed by atoms with van der Waals surface area (Å²) in [6.45, 7) is 3.63. The largest absolute Gasteiger partial charge is 0.361 e. The van der Waals surface area contributed by atoms with Crippen LogP contribution in [-0.2, 0) is 12.8 Å². The summed E-state index contributed by atoms with van der Waals surface area (Å²) in [6, 6.07) is 6.34. The van der Waals surface area contributed by atoms with E-state index in [0.717, 1.165) is 10.4 Å². The van der Waals surface area contributed by atoms with Crippen molar-refractivity contribution in [2.75, 3.05) is 5.32 Å². The van der Waals surface area contributed by atoms with Crippen LogP contribution in [0.25, 0.3) is 0 Å². The number of thiazole rings is 1. The van der Waals surface area contributed by atoms with Gasteiger partial charge in [-0.05, 0) is 31.0 Å². The van der Waals surface area contributed by atoms with Crippen LogP contribution >= 0.6 is 11.3 Å². The Hall–Kier alpha value is -2.54. The molecule has 0 bridgehead atoms. The summed E-state index contributed by atoms with van der Waals surface area (Å²) in [5.41, 5.74) is 2.09. The van der Waals surface area contributed by atoms with Crippen LogP contribution < -0.4 is 5.32 Å². The van der Waals surface area contributed by atoms with Gasteiger partial charge >= 0.3 is 0 Å². The van der Waals surface area contributed by atoms with Crippen molar-refractivity contribution in [3.63, 3.8) is 0 Å². The number of anilines is 1. The summed E-state index contributed by atoms with van der Waals surface area (Å²) >= 11 is 1.39. The molecule has 5 nitrogen and oxygen atoms in total. The first-order chi connectivity index (χ1) is 11.6. The Bertz CT molecular complexity index is 855. The van der Waals surface area contributed by atoms with Crippen LogP contribution in [0.1, 0.15) is 39.2 Å². The molecule has 0 atom stereocenters. The van der Waals surface area contributed by atoms with Crippen LogP contribution in [0.2, 0.25) is 0 Å². The van der Waals surface area contributed by atoms with E-state index in [4.69, 9.17) is 4.52 Å². The van der Waals surface area contributed by atoms with E-state index in [2.05, 4.69) is 15.5 Å². The molecule has 7 heteroatoms. The molecule has 24 heavy (non-hydrogen) atoms. The molecule has 1 N–H and O–H groups in total.